The smallest absolute Gasteiger partial charge is 0.0794 e. The molecule has 0 aromatic carbocycles. The minimum absolute atomic E-state index is 0.0961. The van der Waals surface area contributed by atoms with Gasteiger partial charge in [-0.25, -0.2) is 0 Å². The molecule has 1 unspecified atom stereocenters. The molecule has 13 heavy (non-hydrogen) atoms. The highest BCUT2D eigenvalue weighted by Gasteiger charge is 2.11. The Morgan fingerprint density at radius 2 is 2.38 bits per heavy atom. The van der Waals surface area contributed by atoms with Gasteiger partial charge >= 0.3 is 0 Å². The van der Waals surface area contributed by atoms with E-state index in [0.29, 0.717) is 0 Å². The first-order chi connectivity index (χ1) is 6.27. The Balaban J connectivity index is 2.28. The summed E-state index contributed by atoms with van der Waals surface area (Å²) in [5.74, 6) is 0. The van der Waals surface area contributed by atoms with E-state index in [9.17, 15) is 0 Å². The molecule has 0 aliphatic carbocycles. The number of hydrogen-bond donors (Lipinski definition) is 1. The van der Waals surface area contributed by atoms with Crippen LogP contribution in [-0.4, -0.2) is 14.8 Å². The van der Waals surface area contributed by atoms with Crippen molar-refractivity contribution >= 4 is 11.3 Å². The molecule has 0 fully saturated rings. The van der Waals surface area contributed by atoms with E-state index in [1.54, 1.807) is 33.9 Å². The van der Waals surface area contributed by atoms with Crippen molar-refractivity contribution < 1.29 is 0 Å². The van der Waals surface area contributed by atoms with E-state index in [4.69, 9.17) is 5.73 Å². The zero-order chi connectivity index (χ0) is 9.26. The normalized spacial score (nSPS) is 13.1. The van der Waals surface area contributed by atoms with Crippen molar-refractivity contribution in [2.45, 2.75) is 6.04 Å². The highest BCUT2D eigenvalue weighted by molar-refractivity contribution is 7.09. The summed E-state index contributed by atoms with van der Waals surface area (Å²) in [4.78, 5) is 5.05. The van der Waals surface area contributed by atoms with Gasteiger partial charge in [0.25, 0.3) is 0 Å². The highest BCUT2D eigenvalue weighted by Crippen LogP contribution is 2.21. The van der Waals surface area contributed by atoms with Gasteiger partial charge in [0.05, 0.1) is 17.7 Å². The van der Waals surface area contributed by atoms with E-state index in [0.717, 1.165) is 10.4 Å². The molecule has 0 radical (unpaired) electrons. The van der Waals surface area contributed by atoms with E-state index in [2.05, 4.69) is 10.1 Å². The summed E-state index contributed by atoms with van der Waals surface area (Å²) in [6, 6.07) is -0.0961. The number of rotatable bonds is 2. The predicted molar refractivity (Wildman–Crippen MR) is 51.4 cm³/mol. The molecule has 0 saturated heterocycles. The molecule has 0 spiro atoms. The number of nitrogens with zero attached hydrogens (tertiary/aromatic N) is 3. The lowest BCUT2D eigenvalue weighted by molar-refractivity contribution is 0.765. The molecular formula is C8H10N4S. The van der Waals surface area contributed by atoms with E-state index >= 15 is 0 Å². The molecule has 2 aromatic heterocycles. The van der Waals surface area contributed by atoms with Crippen LogP contribution in [0.15, 0.2) is 24.1 Å². The molecule has 4 nitrogen and oxygen atoms in total. The molecule has 2 heterocycles. The summed E-state index contributed by atoms with van der Waals surface area (Å²) in [6.07, 6.45) is 5.50. The Bertz CT molecular complexity index is 379. The van der Waals surface area contributed by atoms with Crippen LogP contribution in [0.25, 0.3) is 0 Å². The second-order valence-corrected chi connectivity index (χ2v) is 3.75. The molecule has 2 aromatic rings. The molecule has 0 saturated carbocycles. The Morgan fingerprint density at radius 3 is 2.92 bits per heavy atom. The Hall–Kier alpha value is -1.20. The minimum Gasteiger partial charge on any atom is -0.319 e. The molecule has 0 aliphatic heterocycles. The fourth-order valence-corrected chi connectivity index (χ4v) is 1.79. The Labute approximate surface area is 80.0 Å². The number of thiazole rings is 1. The van der Waals surface area contributed by atoms with Crippen molar-refractivity contribution in [1.82, 2.24) is 14.8 Å². The SMILES string of the molecule is Cn1cc(C(N)c2cncs2)cn1. The number of aromatic nitrogens is 3. The van der Waals surface area contributed by atoms with Crippen molar-refractivity contribution in [2.24, 2.45) is 12.8 Å². The Kier molecular flexibility index (Phi) is 2.12. The van der Waals surface area contributed by atoms with Crippen molar-refractivity contribution in [3.8, 4) is 0 Å². The van der Waals surface area contributed by atoms with Crippen LogP contribution in [0.2, 0.25) is 0 Å². The molecule has 2 N–H and O–H groups in total. The molecule has 1 atom stereocenters. The van der Waals surface area contributed by atoms with E-state index in [1.165, 1.54) is 0 Å². The van der Waals surface area contributed by atoms with Gasteiger partial charge < -0.3 is 5.73 Å². The Morgan fingerprint density at radius 1 is 1.54 bits per heavy atom. The van der Waals surface area contributed by atoms with E-state index in [1.807, 2.05) is 13.2 Å². The maximum Gasteiger partial charge on any atom is 0.0794 e. The third-order valence-corrected chi connectivity index (χ3v) is 2.70. The summed E-state index contributed by atoms with van der Waals surface area (Å²) < 4.78 is 1.75. The largest absolute Gasteiger partial charge is 0.319 e. The second kappa shape index (κ2) is 3.27. The van der Waals surface area contributed by atoms with Gasteiger partial charge in [-0.1, -0.05) is 0 Å². The van der Waals surface area contributed by atoms with Crippen LogP contribution in [-0.2, 0) is 7.05 Å². The van der Waals surface area contributed by atoms with Gasteiger partial charge in [-0.3, -0.25) is 9.67 Å². The third-order valence-electron chi connectivity index (χ3n) is 1.84. The van der Waals surface area contributed by atoms with Crippen molar-refractivity contribution in [3.63, 3.8) is 0 Å². The van der Waals surface area contributed by atoms with Crippen LogP contribution in [0.1, 0.15) is 16.5 Å². The zero-order valence-corrected chi connectivity index (χ0v) is 8.03. The average molecular weight is 194 g/mol. The quantitative estimate of drug-likeness (QED) is 0.773. The zero-order valence-electron chi connectivity index (χ0n) is 7.21. The lowest BCUT2D eigenvalue weighted by Gasteiger charge is -2.04. The summed E-state index contributed by atoms with van der Waals surface area (Å²) in [5.41, 5.74) is 8.79. The van der Waals surface area contributed by atoms with Gasteiger partial charge in [0, 0.05) is 29.9 Å². The lowest BCUT2D eigenvalue weighted by Crippen LogP contribution is -2.09. The topological polar surface area (TPSA) is 56.7 Å². The van der Waals surface area contributed by atoms with E-state index in [-0.39, 0.29) is 6.04 Å². The van der Waals surface area contributed by atoms with Gasteiger partial charge in [0.1, 0.15) is 0 Å². The van der Waals surface area contributed by atoms with E-state index < -0.39 is 0 Å². The van der Waals surface area contributed by atoms with Crippen LogP contribution in [0, 0.1) is 0 Å². The van der Waals surface area contributed by atoms with Crippen LogP contribution < -0.4 is 5.73 Å². The van der Waals surface area contributed by atoms with Crippen LogP contribution in [0.4, 0.5) is 0 Å². The number of hydrogen-bond acceptors (Lipinski definition) is 4. The second-order valence-electron chi connectivity index (χ2n) is 2.83. The van der Waals surface area contributed by atoms with Crippen LogP contribution >= 0.6 is 11.3 Å². The van der Waals surface area contributed by atoms with Gasteiger partial charge in [-0.15, -0.1) is 11.3 Å². The predicted octanol–water partition coefficient (Wildman–Crippen LogP) is 0.925. The van der Waals surface area contributed by atoms with Crippen LogP contribution in [0.5, 0.6) is 0 Å². The average Bonchev–Trinajstić information content (AvgIpc) is 2.72. The fraction of sp³-hybridized carbons (Fsp3) is 0.250. The summed E-state index contributed by atoms with van der Waals surface area (Å²) in [6.45, 7) is 0. The summed E-state index contributed by atoms with van der Waals surface area (Å²) in [7, 11) is 1.88. The lowest BCUT2D eigenvalue weighted by atomic mass is 10.1. The first-order valence-electron chi connectivity index (χ1n) is 3.90. The maximum absolute atomic E-state index is 5.99. The molecule has 0 amide bonds. The van der Waals surface area contributed by atoms with Gasteiger partial charge in [-0.05, 0) is 0 Å². The number of nitrogens with two attached hydrogens (primary N) is 1. The third kappa shape index (κ3) is 1.61. The van der Waals surface area contributed by atoms with Crippen molar-refractivity contribution in [1.29, 1.82) is 0 Å². The summed E-state index contributed by atoms with van der Waals surface area (Å²) >= 11 is 1.56. The molecule has 5 heteroatoms. The molecule has 68 valence electrons. The van der Waals surface area contributed by atoms with Crippen LogP contribution in [0.3, 0.4) is 0 Å². The molecule has 0 bridgehead atoms. The summed E-state index contributed by atoms with van der Waals surface area (Å²) in [5, 5.41) is 4.07. The first kappa shape index (κ1) is 8.40. The molecule has 2 rings (SSSR count). The minimum atomic E-state index is -0.0961. The number of aryl methyl sites for hydroxylation is 1. The van der Waals surface area contributed by atoms with Crippen molar-refractivity contribution in [2.75, 3.05) is 0 Å². The molecule has 0 aliphatic rings. The highest BCUT2D eigenvalue weighted by atomic mass is 32.1. The first-order valence-corrected chi connectivity index (χ1v) is 4.78. The van der Waals surface area contributed by atoms with Gasteiger partial charge in [-0.2, -0.15) is 5.10 Å². The monoisotopic (exact) mass is 194 g/mol. The maximum atomic E-state index is 5.99. The standard InChI is InChI=1S/C8H10N4S/c1-12-4-6(2-11-12)8(9)7-3-10-5-13-7/h2-5,8H,9H2,1H3. The van der Waals surface area contributed by atoms with Gasteiger partial charge in [0.2, 0.25) is 0 Å². The molecular weight excluding hydrogens is 184 g/mol. The van der Waals surface area contributed by atoms with Crippen molar-refractivity contribution in [3.05, 3.63) is 34.5 Å². The fourth-order valence-electron chi connectivity index (χ4n) is 1.14. The van der Waals surface area contributed by atoms with Gasteiger partial charge in [0.15, 0.2) is 0 Å².